The van der Waals surface area contributed by atoms with Gasteiger partial charge in [-0.2, -0.15) is 0 Å². The second-order valence-corrected chi connectivity index (χ2v) is 11.2. The highest BCUT2D eigenvalue weighted by molar-refractivity contribution is 7.10. The van der Waals surface area contributed by atoms with Gasteiger partial charge in [0.05, 0.1) is 16.6 Å². The molecule has 0 bridgehead atoms. The number of imidazole rings is 1. The van der Waals surface area contributed by atoms with E-state index in [1.165, 1.54) is 23.3 Å². The fraction of sp³-hybridized carbons (Fsp3) is 0.519. The van der Waals surface area contributed by atoms with Gasteiger partial charge in [-0.05, 0) is 67.2 Å². The van der Waals surface area contributed by atoms with E-state index >= 15 is 0 Å². The van der Waals surface area contributed by atoms with Crippen LogP contribution in [-0.2, 0) is 29.5 Å². The molecule has 2 fully saturated rings. The quantitative estimate of drug-likeness (QED) is 0.531. The maximum Gasteiger partial charge on any atom is 0.256 e. The molecule has 1 atom stereocenters. The molecule has 0 radical (unpaired) electrons. The molecule has 1 saturated carbocycles. The van der Waals surface area contributed by atoms with Gasteiger partial charge in [0.2, 0.25) is 5.91 Å². The minimum atomic E-state index is -0.0564. The molecule has 0 spiro atoms. The Kier molecular flexibility index (Phi) is 6.10. The number of benzene rings is 1. The van der Waals surface area contributed by atoms with Gasteiger partial charge in [0.15, 0.2) is 0 Å². The molecule has 35 heavy (non-hydrogen) atoms. The van der Waals surface area contributed by atoms with E-state index in [9.17, 15) is 9.59 Å². The Hall–Kier alpha value is -2.71. The van der Waals surface area contributed by atoms with Crippen molar-refractivity contribution in [3.05, 3.63) is 45.4 Å². The zero-order valence-electron chi connectivity index (χ0n) is 20.2. The summed E-state index contributed by atoms with van der Waals surface area (Å²) in [4.78, 5) is 34.9. The number of aromatic nitrogens is 2. The lowest BCUT2D eigenvalue weighted by Gasteiger charge is -2.27. The van der Waals surface area contributed by atoms with Crippen molar-refractivity contribution in [2.24, 2.45) is 13.0 Å². The molecule has 1 aromatic carbocycles. The number of rotatable bonds is 5. The predicted molar refractivity (Wildman–Crippen MR) is 137 cm³/mol. The second kappa shape index (κ2) is 9.39. The van der Waals surface area contributed by atoms with Crippen LogP contribution in [-0.4, -0.2) is 39.4 Å². The summed E-state index contributed by atoms with van der Waals surface area (Å²) >= 11 is 1.77. The molecular weight excluding hydrogens is 460 g/mol. The van der Waals surface area contributed by atoms with Gasteiger partial charge in [-0.3, -0.25) is 9.59 Å². The Labute approximate surface area is 209 Å². The molecule has 2 amide bonds. The van der Waals surface area contributed by atoms with E-state index < -0.39 is 0 Å². The maximum absolute atomic E-state index is 13.9. The molecule has 1 aliphatic carbocycles. The van der Waals surface area contributed by atoms with Crippen molar-refractivity contribution in [1.29, 1.82) is 0 Å². The Morgan fingerprint density at radius 3 is 2.86 bits per heavy atom. The van der Waals surface area contributed by atoms with Crippen molar-refractivity contribution in [3.63, 3.8) is 0 Å². The lowest BCUT2D eigenvalue weighted by atomic mass is 10.0. The number of carbonyl (C=O) groups is 2. The molecule has 3 aromatic rings. The van der Waals surface area contributed by atoms with Crippen LogP contribution in [0, 0.1) is 5.92 Å². The minimum Gasteiger partial charge on any atom is -0.370 e. The fourth-order valence-electron chi connectivity index (χ4n) is 5.96. The summed E-state index contributed by atoms with van der Waals surface area (Å²) in [6.07, 6.45) is 7.98. The van der Waals surface area contributed by atoms with Crippen LogP contribution in [0.4, 0.5) is 5.69 Å². The van der Waals surface area contributed by atoms with Gasteiger partial charge < -0.3 is 19.5 Å². The lowest BCUT2D eigenvalue weighted by molar-refractivity contribution is -0.117. The number of thiophene rings is 1. The summed E-state index contributed by atoms with van der Waals surface area (Å²) in [7, 11) is 1.97. The van der Waals surface area contributed by atoms with Crippen molar-refractivity contribution in [2.45, 2.75) is 64.0 Å². The third-order valence-electron chi connectivity index (χ3n) is 7.78. The van der Waals surface area contributed by atoms with E-state index in [-0.39, 0.29) is 17.9 Å². The van der Waals surface area contributed by atoms with Crippen molar-refractivity contribution >= 4 is 39.9 Å². The van der Waals surface area contributed by atoms with Crippen molar-refractivity contribution in [3.8, 4) is 0 Å². The molecule has 2 aliphatic heterocycles. The van der Waals surface area contributed by atoms with Crippen molar-refractivity contribution in [2.75, 3.05) is 18.5 Å². The Morgan fingerprint density at radius 1 is 1.20 bits per heavy atom. The molecule has 1 N–H and O–H groups in total. The smallest absolute Gasteiger partial charge is 0.256 e. The van der Waals surface area contributed by atoms with Gasteiger partial charge in [0.25, 0.3) is 5.91 Å². The number of aryl methyl sites for hydroxylation is 1. The molecule has 1 saturated heterocycles. The summed E-state index contributed by atoms with van der Waals surface area (Å²) in [6, 6.07) is 5.87. The standard InChI is InChI=1S/C27H32N4O3S/c1-30-25-20(27(33)31-10-8-23-18(16-31)9-12-35-23)14-19(28-24(32)13-17-5-2-3-6-17)15-21(25)29-26(30)22-7-4-11-34-22/h9,12,14-15,17,22H,2-8,10-11,13,16H2,1H3,(H,28,32)/t22-/m1/s1. The van der Waals surface area contributed by atoms with Crippen LogP contribution in [0.5, 0.6) is 0 Å². The average Bonchev–Trinajstić information content (AvgIpc) is 3.65. The normalized spacial score (nSPS) is 20.5. The van der Waals surface area contributed by atoms with Crippen LogP contribution in [0.25, 0.3) is 11.0 Å². The van der Waals surface area contributed by atoms with E-state index in [0.29, 0.717) is 36.7 Å². The van der Waals surface area contributed by atoms with Crippen LogP contribution in [0.3, 0.4) is 0 Å². The van der Waals surface area contributed by atoms with Crippen LogP contribution in [0.1, 0.15) is 77.7 Å². The van der Waals surface area contributed by atoms with E-state index in [4.69, 9.17) is 9.72 Å². The number of nitrogens with zero attached hydrogens (tertiary/aromatic N) is 3. The summed E-state index contributed by atoms with van der Waals surface area (Å²) in [5.41, 5.74) is 4.02. The number of amides is 2. The van der Waals surface area contributed by atoms with E-state index in [1.807, 2.05) is 28.6 Å². The number of hydrogen-bond acceptors (Lipinski definition) is 5. The van der Waals surface area contributed by atoms with Gasteiger partial charge in [-0.1, -0.05) is 12.8 Å². The molecule has 3 aliphatic rings. The highest BCUT2D eigenvalue weighted by atomic mass is 32.1. The van der Waals surface area contributed by atoms with Crippen molar-refractivity contribution in [1.82, 2.24) is 14.5 Å². The van der Waals surface area contributed by atoms with Crippen LogP contribution >= 0.6 is 11.3 Å². The first-order valence-corrected chi connectivity index (χ1v) is 13.7. The van der Waals surface area contributed by atoms with Gasteiger partial charge in [0, 0.05) is 43.7 Å². The molecule has 2 aromatic heterocycles. The summed E-state index contributed by atoms with van der Waals surface area (Å²) in [6.45, 7) is 2.05. The lowest BCUT2D eigenvalue weighted by Crippen LogP contribution is -2.35. The zero-order valence-corrected chi connectivity index (χ0v) is 21.0. The molecule has 6 rings (SSSR count). The Morgan fingerprint density at radius 2 is 2.06 bits per heavy atom. The fourth-order valence-corrected chi connectivity index (χ4v) is 6.84. The number of anilines is 1. The largest absolute Gasteiger partial charge is 0.370 e. The highest BCUT2D eigenvalue weighted by Crippen LogP contribution is 2.34. The summed E-state index contributed by atoms with van der Waals surface area (Å²) < 4.78 is 7.93. The van der Waals surface area contributed by atoms with Crippen LogP contribution in [0.2, 0.25) is 0 Å². The van der Waals surface area contributed by atoms with E-state index in [1.54, 1.807) is 11.3 Å². The van der Waals surface area contributed by atoms with E-state index in [2.05, 4.69) is 16.8 Å². The maximum atomic E-state index is 13.9. The average molecular weight is 493 g/mol. The first-order valence-electron chi connectivity index (χ1n) is 12.8. The van der Waals surface area contributed by atoms with Gasteiger partial charge in [-0.25, -0.2) is 4.98 Å². The Balaban J connectivity index is 1.35. The third kappa shape index (κ3) is 4.38. The highest BCUT2D eigenvalue weighted by Gasteiger charge is 2.29. The number of fused-ring (bicyclic) bond motifs is 2. The third-order valence-corrected chi connectivity index (χ3v) is 8.80. The number of carbonyl (C=O) groups excluding carboxylic acids is 2. The summed E-state index contributed by atoms with van der Waals surface area (Å²) in [5.74, 6) is 1.32. The minimum absolute atomic E-state index is 0.0133. The first-order chi connectivity index (χ1) is 17.1. The van der Waals surface area contributed by atoms with E-state index in [0.717, 1.165) is 55.6 Å². The zero-order chi connectivity index (χ0) is 23.9. The van der Waals surface area contributed by atoms with Gasteiger partial charge in [-0.15, -0.1) is 11.3 Å². The number of ether oxygens (including phenoxy) is 1. The predicted octanol–water partition coefficient (Wildman–Crippen LogP) is 5.20. The van der Waals surface area contributed by atoms with Crippen LogP contribution in [0.15, 0.2) is 23.6 Å². The molecule has 7 nitrogen and oxygen atoms in total. The monoisotopic (exact) mass is 492 g/mol. The Bertz CT molecular complexity index is 1270. The molecular formula is C27H32N4O3S. The first kappa shape index (κ1) is 22.7. The van der Waals surface area contributed by atoms with Gasteiger partial charge in [0.1, 0.15) is 11.9 Å². The van der Waals surface area contributed by atoms with Crippen molar-refractivity contribution < 1.29 is 14.3 Å². The summed E-state index contributed by atoms with van der Waals surface area (Å²) in [5, 5.41) is 5.18. The number of nitrogens with one attached hydrogen (secondary N) is 1. The molecule has 0 unspecified atom stereocenters. The molecule has 4 heterocycles. The number of hydrogen-bond donors (Lipinski definition) is 1. The second-order valence-electron chi connectivity index (χ2n) is 10.2. The molecule has 184 valence electrons. The topological polar surface area (TPSA) is 76.5 Å². The molecule has 8 heteroatoms. The van der Waals surface area contributed by atoms with Gasteiger partial charge >= 0.3 is 0 Å². The van der Waals surface area contributed by atoms with Crippen LogP contribution < -0.4 is 5.32 Å². The SMILES string of the molecule is Cn1c([C@H]2CCCO2)nc2cc(NC(=O)CC3CCCC3)cc(C(=O)N3CCc4sccc4C3)c21.